The molecule has 0 fully saturated rings. The van der Waals surface area contributed by atoms with Crippen molar-refractivity contribution in [3.63, 3.8) is 0 Å². The van der Waals surface area contributed by atoms with E-state index in [0.29, 0.717) is 0 Å². The quantitative estimate of drug-likeness (QED) is 0.781. The maximum absolute atomic E-state index is 4.80. The molecule has 110 valence electrons. The summed E-state index contributed by atoms with van der Waals surface area (Å²) in [5.74, 6) is 1.11. The van der Waals surface area contributed by atoms with E-state index >= 15 is 0 Å². The number of hydrogen-bond acceptors (Lipinski definition) is 3. The highest BCUT2D eigenvalue weighted by Crippen LogP contribution is 2.21. The van der Waals surface area contributed by atoms with Gasteiger partial charge < -0.3 is 9.88 Å². The van der Waals surface area contributed by atoms with Crippen molar-refractivity contribution in [1.29, 1.82) is 0 Å². The second kappa shape index (κ2) is 5.69. The maximum atomic E-state index is 4.80. The van der Waals surface area contributed by atoms with Gasteiger partial charge in [0.25, 0.3) is 0 Å². The van der Waals surface area contributed by atoms with E-state index in [2.05, 4.69) is 46.2 Å². The van der Waals surface area contributed by atoms with Crippen LogP contribution < -0.4 is 5.32 Å². The first-order valence-electron chi connectivity index (χ1n) is 7.34. The number of nitrogens with zero attached hydrogens (tertiary/aromatic N) is 4. The van der Waals surface area contributed by atoms with Crippen LogP contribution in [0, 0.1) is 0 Å². The second-order valence-electron chi connectivity index (χ2n) is 5.19. The summed E-state index contributed by atoms with van der Waals surface area (Å²) in [6.45, 7) is 3.09. The largest absolute Gasteiger partial charge is 0.328 e. The normalized spacial score (nSPS) is 12.9. The second-order valence-corrected chi connectivity index (χ2v) is 5.19. The van der Waals surface area contributed by atoms with Crippen molar-refractivity contribution in [2.75, 3.05) is 7.05 Å². The van der Waals surface area contributed by atoms with Crippen LogP contribution in [0.15, 0.2) is 36.5 Å². The Morgan fingerprint density at radius 2 is 2.05 bits per heavy atom. The summed E-state index contributed by atoms with van der Waals surface area (Å²) in [5, 5.41) is 7.64. The first kappa shape index (κ1) is 13.8. The SMILES string of the molecule is CCn1c(CC(NC)c2ccnn2C)nc2ccccc21. The fourth-order valence-corrected chi connectivity index (χ4v) is 2.90. The minimum absolute atomic E-state index is 0.208. The standard InChI is InChI=1S/C16H21N5/c1-4-21-15-8-6-5-7-12(15)19-16(21)11-13(17-2)14-9-10-18-20(14)3/h5-10,13,17H,4,11H2,1-3H3. The van der Waals surface area contributed by atoms with Gasteiger partial charge in [0.05, 0.1) is 22.8 Å². The van der Waals surface area contributed by atoms with Gasteiger partial charge in [0, 0.05) is 26.2 Å². The van der Waals surface area contributed by atoms with Gasteiger partial charge in [-0.1, -0.05) is 12.1 Å². The third-order valence-corrected chi connectivity index (χ3v) is 4.00. The van der Waals surface area contributed by atoms with Crippen molar-refractivity contribution in [3.8, 4) is 0 Å². The highest BCUT2D eigenvalue weighted by atomic mass is 15.3. The average Bonchev–Trinajstić information content (AvgIpc) is 3.07. The zero-order chi connectivity index (χ0) is 14.8. The summed E-state index contributed by atoms with van der Waals surface area (Å²) in [6.07, 6.45) is 2.68. The summed E-state index contributed by atoms with van der Waals surface area (Å²) >= 11 is 0. The molecule has 1 aromatic carbocycles. The van der Waals surface area contributed by atoms with Crippen LogP contribution in [0.25, 0.3) is 11.0 Å². The minimum atomic E-state index is 0.208. The number of hydrogen-bond donors (Lipinski definition) is 1. The molecule has 0 saturated heterocycles. The Kier molecular flexibility index (Phi) is 3.75. The lowest BCUT2D eigenvalue weighted by Crippen LogP contribution is -2.23. The average molecular weight is 283 g/mol. The smallest absolute Gasteiger partial charge is 0.111 e. The van der Waals surface area contributed by atoms with Gasteiger partial charge in [-0.2, -0.15) is 5.10 Å². The zero-order valence-electron chi connectivity index (χ0n) is 12.7. The minimum Gasteiger partial charge on any atom is -0.328 e. The summed E-state index contributed by atoms with van der Waals surface area (Å²) in [6, 6.07) is 10.6. The Morgan fingerprint density at radius 1 is 1.24 bits per heavy atom. The Hall–Kier alpha value is -2.14. The van der Waals surface area contributed by atoms with Gasteiger partial charge in [-0.3, -0.25) is 4.68 Å². The number of likely N-dealkylation sites (N-methyl/N-ethyl adjacent to an activating group) is 1. The monoisotopic (exact) mass is 283 g/mol. The van der Waals surface area contributed by atoms with Gasteiger partial charge in [-0.25, -0.2) is 4.98 Å². The van der Waals surface area contributed by atoms with E-state index in [1.54, 1.807) is 0 Å². The van der Waals surface area contributed by atoms with Gasteiger partial charge in [-0.05, 0) is 32.2 Å². The molecule has 1 N–H and O–H groups in total. The van der Waals surface area contributed by atoms with Crippen LogP contribution in [0.2, 0.25) is 0 Å². The molecule has 21 heavy (non-hydrogen) atoms. The fraction of sp³-hybridized carbons (Fsp3) is 0.375. The molecule has 0 radical (unpaired) electrons. The lowest BCUT2D eigenvalue weighted by Gasteiger charge is -2.17. The van der Waals surface area contributed by atoms with Crippen molar-refractivity contribution in [3.05, 3.63) is 48.0 Å². The molecule has 0 amide bonds. The molecule has 1 unspecified atom stereocenters. The lowest BCUT2D eigenvalue weighted by molar-refractivity contribution is 0.515. The number of para-hydroxylation sites is 2. The summed E-state index contributed by atoms with van der Waals surface area (Å²) in [5.41, 5.74) is 3.44. The molecular formula is C16H21N5. The number of benzene rings is 1. The van der Waals surface area contributed by atoms with Crippen LogP contribution >= 0.6 is 0 Å². The molecule has 0 spiro atoms. The molecule has 0 bridgehead atoms. The van der Waals surface area contributed by atoms with Gasteiger partial charge in [-0.15, -0.1) is 0 Å². The van der Waals surface area contributed by atoms with Crippen molar-refractivity contribution in [2.45, 2.75) is 25.9 Å². The molecule has 2 aromatic heterocycles. The van der Waals surface area contributed by atoms with Crippen molar-refractivity contribution in [1.82, 2.24) is 24.6 Å². The lowest BCUT2D eigenvalue weighted by atomic mass is 10.1. The topological polar surface area (TPSA) is 47.7 Å². The molecule has 5 nitrogen and oxygen atoms in total. The van der Waals surface area contributed by atoms with Crippen LogP contribution in [0.3, 0.4) is 0 Å². The number of rotatable bonds is 5. The van der Waals surface area contributed by atoms with Crippen LogP contribution in [0.1, 0.15) is 24.5 Å². The van der Waals surface area contributed by atoms with Crippen LogP contribution in [-0.4, -0.2) is 26.4 Å². The first-order chi connectivity index (χ1) is 10.2. The Balaban J connectivity index is 1.98. The number of aromatic nitrogens is 4. The third-order valence-electron chi connectivity index (χ3n) is 4.00. The van der Waals surface area contributed by atoms with Gasteiger partial charge in [0.1, 0.15) is 5.82 Å². The summed E-state index contributed by atoms with van der Waals surface area (Å²) < 4.78 is 4.20. The zero-order valence-corrected chi connectivity index (χ0v) is 12.7. The van der Waals surface area contributed by atoms with E-state index in [0.717, 1.165) is 24.3 Å². The number of nitrogens with one attached hydrogen (secondary N) is 1. The van der Waals surface area contributed by atoms with Crippen LogP contribution in [-0.2, 0) is 20.0 Å². The molecule has 0 aliphatic carbocycles. The highest BCUT2D eigenvalue weighted by molar-refractivity contribution is 5.75. The molecule has 0 saturated carbocycles. The molecule has 2 heterocycles. The predicted octanol–water partition coefficient (Wildman–Crippen LogP) is 2.29. The maximum Gasteiger partial charge on any atom is 0.111 e. The highest BCUT2D eigenvalue weighted by Gasteiger charge is 2.18. The number of aryl methyl sites for hydroxylation is 2. The molecular weight excluding hydrogens is 262 g/mol. The van der Waals surface area contributed by atoms with Crippen molar-refractivity contribution >= 4 is 11.0 Å². The number of fused-ring (bicyclic) bond motifs is 1. The van der Waals surface area contributed by atoms with Gasteiger partial charge in [0.2, 0.25) is 0 Å². The van der Waals surface area contributed by atoms with Crippen LogP contribution in [0.5, 0.6) is 0 Å². The van der Waals surface area contributed by atoms with E-state index in [-0.39, 0.29) is 6.04 Å². The fourth-order valence-electron chi connectivity index (χ4n) is 2.90. The Bertz CT molecular complexity index is 740. The van der Waals surface area contributed by atoms with E-state index in [1.807, 2.05) is 31.0 Å². The molecule has 0 aliphatic rings. The molecule has 5 heteroatoms. The predicted molar refractivity (Wildman–Crippen MR) is 84.1 cm³/mol. The third kappa shape index (κ3) is 2.45. The van der Waals surface area contributed by atoms with Crippen molar-refractivity contribution < 1.29 is 0 Å². The molecule has 1 atom stereocenters. The van der Waals surface area contributed by atoms with Crippen LogP contribution in [0.4, 0.5) is 0 Å². The Morgan fingerprint density at radius 3 is 2.71 bits per heavy atom. The molecule has 3 rings (SSSR count). The number of imidazole rings is 1. The first-order valence-corrected chi connectivity index (χ1v) is 7.34. The van der Waals surface area contributed by atoms with E-state index in [1.165, 1.54) is 11.2 Å². The Labute approximate surface area is 124 Å². The summed E-state index contributed by atoms with van der Waals surface area (Å²) in [7, 11) is 3.96. The molecule has 0 aliphatic heterocycles. The van der Waals surface area contributed by atoms with Gasteiger partial charge in [0.15, 0.2) is 0 Å². The van der Waals surface area contributed by atoms with E-state index in [4.69, 9.17) is 4.98 Å². The summed E-state index contributed by atoms with van der Waals surface area (Å²) in [4.78, 5) is 4.80. The van der Waals surface area contributed by atoms with Crippen molar-refractivity contribution in [2.24, 2.45) is 7.05 Å². The van der Waals surface area contributed by atoms with Gasteiger partial charge >= 0.3 is 0 Å². The van der Waals surface area contributed by atoms with E-state index in [9.17, 15) is 0 Å². The molecule has 3 aromatic rings. The van der Waals surface area contributed by atoms with E-state index < -0.39 is 0 Å².